The topological polar surface area (TPSA) is 32.5 Å². The Morgan fingerprint density at radius 2 is 1.71 bits per heavy atom. The number of hydrogen-bond donors (Lipinski definition) is 1. The Morgan fingerprint density at radius 3 is 2.41 bits per heavy atom. The molecule has 0 aromatic carbocycles. The van der Waals surface area contributed by atoms with E-state index in [4.69, 9.17) is 5.73 Å². The van der Waals surface area contributed by atoms with Crippen LogP contribution >= 0.6 is 0 Å². The molecule has 1 saturated carbocycles. The third-order valence-corrected chi connectivity index (χ3v) is 4.74. The second-order valence-electron chi connectivity index (χ2n) is 6.05. The van der Waals surface area contributed by atoms with Crippen molar-refractivity contribution in [2.45, 2.75) is 63.6 Å². The predicted molar refractivity (Wildman–Crippen MR) is 73.1 cm³/mol. The minimum absolute atomic E-state index is 0.408. The Hall–Kier alpha value is -0.120. The molecule has 0 radical (unpaired) electrons. The van der Waals surface area contributed by atoms with E-state index >= 15 is 0 Å². The molecule has 3 atom stereocenters. The highest BCUT2D eigenvalue weighted by molar-refractivity contribution is 4.88. The summed E-state index contributed by atoms with van der Waals surface area (Å²) in [5, 5.41) is 0. The summed E-state index contributed by atoms with van der Waals surface area (Å²) in [4.78, 5) is 5.13. The third kappa shape index (κ3) is 3.43. The summed E-state index contributed by atoms with van der Waals surface area (Å²) in [6.07, 6.45) is 8.05. The Balaban J connectivity index is 1.93. The highest BCUT2D eigenvalue weighted by atomic mass is 15.3. The van der Waals surface area contributed by atoms with Crippen molar-refractivity contribution in [1.82, 2.24) is 9.80 Å². The molecular weight excluding hydrogens is 210 g/mol. The first-order valence-corrected chi connectivity index (χ1v) is 7.38. The molecule has 2 N–H and O–H groups in total. The molecule has 0 amide bonds. The molecule has 1 aliphatic heterocycles. The molecule has 2 rings (SSSR count). The first kappa shape index (κ1) is 13.3. The molecule has 0 spiro atoms. The van der Waals surface area contributed by atoms with Crippen LogP contribution in [0.5, 0.6) is 0 Å². The van der Waals surface area contributed by atoms with E-state index in [1.54, 1.807) is 0 Å². The molecule has 17 heavy (non-hydrogen) atoms. The van der Waals surface area contributed by atoms with Gasteiger partial charge in [-0.2, -0.15) is 0 Å². The number of hydrogen-bond acceptors (Lipinski definition) is 3. The Morgan fingerprint density at radius 1 is 1.00 bits per heavy atom. The van der Waals surface area contributed by atoms with Crippen molar-refractivity contribution < 1.29 is 0 Å². The molecule has 0 aromatic heterocycles. The summed E-state index contributed by atoms with van der Waals surface area (Å²) in [5.74, 6) is 0. The number of rotatable bonds is 1. The minimum atomic E-state index is 0.408. The van der Waals surface area contributed by atoms with Gasteiger partial charge in [0.2, 0.25) is 0 Å². The summed E-state index contributed by atoms with van der Waals surface area (Å²) < 4.78 is 0. The lowest BCUT2D eigenvalue weighted by Crippen LogP contribution is -2.57. The Kier molecular flexibility index (Phi) is 4.83. The first-order chi connectivity index (χ1) is 8.18. The van der Waals surface area contributed by atoms with Crippen molar-refractivity contribution in [3.05, 3.63) is 0 Å². The quantitative estimate of drug-likeness (QED) is 0.755. The average molecular weight is 239 g/mol. The van der Waals surface area contributed by atoms with Gasteiger partial charge in [-0.25, -0.2) is 0 Å². The van der Waals surface area contributed by atoms with E-state index in [0.29, 0.717) is 18.1 Å². The summed E-state index contributed by atoms with van der Waals surface area (Å²) in [6, 6.07) is 1.73. The van der Waals surface area contributed by atoms with Crippen molar-refractivity contribution in [3.8, 4) is 0 Å². The summed E-state index contributed by atoms with van der Waals surface area (Å²) in [6.45, 7) is 5.94. The van der Waals surface area contributed by atoms with Crippen molar-refractivity contribution in [2.24, 2.45) is 5.73 Å². The third-order valence-electron chi connectivity index (χ3n) is 4.74. The largest absolute Gasteiger partial charge is 0.326 e. The highest BCUT2D eigenvalue weighted by Gasteiger charge is 2.30. The molecule has 0 aromatic rings. The summed E-state index contributed by atoms with van der Waals surface area (Å²) in [5.41, 5.74) is 6.40. The molecule has 1 heterocycles. The lowest BCUT2D eigenvalue weighted by molar-refractivity contribution is 0.0543. The van der Waals surface area contributed by atoms with E-state index in [1.807, 2.05) is 0 Å². The lowest BCUT2D eigenvalue weighted by atomic mass is 9.91. The number of nitrogens with zero attached hydrogens (tertiary/aromatic N) is 2. The van der Waals surface area contributed by atoms with Gasteiger partial charge < -0.3 is 10.6 Å². The molecular formula is C14H29N3. The number of nitrogens with two attached hydrogens (primary N) is 1. The lowest BCUT2D eigenvalue weighted by Gasteiger charge is -2.44. The second kappa shape index (κ2) is 6.17. The van der Waals surface area contributed by atoms with Crippen LogP contribution in [0.15, 0.2) is 0 Å². The maximum atomic E-state index is 6.40. The van der Waals surface area contributed by atoms with Crippen molar-refractivity contribution in [3.63, 3.8) is 0 Å². The van der Waals surface area contributed by atoms with Gasteiger partial charge in [-0.05, 0) is 26.8 Å². The van der Waals surface area contributed by atoms with Gasteiger partial charge in [0.15, 0.2) is 0 Å². The van der Waals surface area contributed by atoms with Crippen molar-refractivity contribution in [2.75, 3.05) is 26.7 Å². The molecule has 1 saturated heterocycles. The Bertz CT molecular complexity index is 232. The summed E-state index contributed by atoms with van der Waals surface area (Å²) >= 11 is 0. The van der Waals surface area contributed by atoms with E-state index in [9.17, 15) is 0 Å². The van der Waals surface area contributed by atoms with E-state index in [0.717, 1.165) is 0 Å². The van der Waals surface area contributed by atoms with Gasteiger partial charge >= 0.3 is 0 Å². The van der Waals surface area contributed by atoms with Crippen LogP contribution in [0.25, 0.3) is 0 Å². The fourth-order valence-corrected chi connectivity index (χ4v) is 3.32. The van der Waals surface area contributed by atoms with Crippen LogP contribution in [0.1, 0.15) is 45.4 Å². The van der Waals surface area contributed by atoms with Gasteiger partial charge in [0, 0.05) is 37.8 Å². The molecule has 0 bridgehead atoms. The van der Waals surface area contributed by atoms with Crippen molar-refractivity contribution >= 4 is 0 Å². The smallest absolute Gasteiger partial charge is 0.0248 e. The average Bonchev–Trinajstić information content (AvgIpc) is 2.28. The standard InChI is InChI=1S/C14H29N3/c1-12-11-17(10-9-16(12)2)14-8-6-4-3-5-7-13(14)15/h12-14H,3-11,15H2,1-2H3. The zero-order valence-corrected chi connectivity index (χ0v) is 11.6. The fourth-order valence-electron chi connectivity index (χ4n) is 3.32. The monoisotopic (exact) mass is 239 g/mol. The molecule has 3 nitrogen and oxygen atoms in total. The molecule has 3 unspecified atom stereocenters. The second-order valence-corrected chi connectivity index (χ2v) is 6.05. The van der Waals surface area contributed by atoms with E-state index < -0.39 is 0 Å². The summed E-state index contributed by atoms with van der Waals surface area (Å²) in [7, 11) is 2.24. The van der Waals surface area contributed by atoms with E-state index in [1.165, 1.54) is 58.2 Å². The molecule has 2 fully saturated rings. The maximum Gasteiger partial charge on any atom is 0.0248 e. The molecule has 3 heteroatoms. The van der Waals surface area contributed by atoms with Crippen LogP contribution in [0, 0.1) is 0 Å². The normalized spacial score (nSPS) is 38.6. The predicted octanol–water partition coefficient (Wildman–Crippen LogP) is 1.67. The van der Waals surface area contributed by atoms with Crippen LogP contribution in [0.2, 0.25) is 0 Å². The van der Waals surface area contributed by atoms with Gasteiger partial charge in [0.1, 0.15) is 0 Å². The number of piperazine rings is 1. The van der Waals surface area contributed by atoms with Gasteiger partial charge in [-0.15, -0.1) is 0 Å². The SMILES string of the molecule is CC1CN(C2CCCCCCC2N)CCN1C. The van der Waals surface area contributed by atoms with E-state index in [2.05, 4.69) is 23.8 Å². The van der Waals surface area contributed by atoms with Crippen LogP contribution in [-0.2, 0) is 0 Å². The zero-order chi connectivity index (χ0) is 12.3. The van der Waals surface area contributed by atoms with Gasteiger partial charge in [0.05, 0.1) is 0 Å². The molecule has 100 valence electrons. The number of likely N-dealkylation sites (N-methyl/N-ethyl adjacent to an activating group) is 1. The minimum Gasteiger partial charge on any atom is -0.326 e. The maximum absolute atomic E-state index is 6.40. The van der Waals surface area contributed by atoms with Crippen LogP contribution in [0.4, 0.5) is 0 Å². The Labute approximate surface area is 106 Å². The molecule has 2 aliphatic rings. The first-order valence-electron chi connectivity index (χ1n) is 7.38. The van der Waals surface area contributed by atoms with Gasteiger partial charge in [-0.1, -0.05) is 25.7 Å². The van der Waals surface area contributed by atoms with Gasteiger partial charge in [-0.3, -0.25) is 4.90 Å². The van der Waals surface area contributed by atoms with Crippen LogP contribution < -0.4 is 5.73 Å². The zero-order valence-electron chi connectivity index (χ0n) is 11.6. The van der Waals surface area contributed by atoms with Crippen LogP contribution in [-0.4, -0.2) is 54.6 Å². The fraction of sp³-hybridized carbons (Fsp3) is 1.00. The van der Waals surface area contributed by atoms with E-state index in [-0.39, 0.29) is 0 Å². The van der Waals surface area contributed by atoms with Crippen molar-refractivity contribution in [1.29, 1.82) is 0 Å². The van der Waals surface area contributed by atoms with Gasteiger partial charge in [0.25, 0.3) is 0 Å². The van der Waals surface area contributed by atoms with Crippen LogP contribution in [0.3, 0.4) is 0 Å². The molecule has 1 aliphatic carbocycles. The highest BCUT2D eigenvalue weighted by Crippen LogP contribution is 2.22.